The number of nitrogens with zero attached hydrogens (tertiary/aromatic N) is 1. The largest absolute Gasteiger partial charge is 0.494 e. The Morgan fingerprint density at radius 2 is 1.80 bits per heavy atom. The Bertz CT molecular complexity index is 881. The number of fused-ring (bicyclic) bond motifs is 1. The van der Waals surface area contributed by atoms with Crippen LogP contribution >= 0.6 is 0 Å². The SMILES string of the molecule is CCCOc1ccc(/C=N/NC(=O)c2cccc3ccccc23)cc1. The number of carbonyl (C=O) groups excluding carboxylic acids is 1. The molecule has 0 unspecified atom stereocenters. The van der Waals surface area contributed by atoms with Gasteiger partial charge in [0.15, 0.2) is 0 Å². The van der Waals surface area contributed by atoms with E-state index in [1.54, 1.807) is 12.3 Å². The van der Waals surface area contributed by atoms with Crippen LogP contribution in [0.25, 0.3) is 10.8 Å². The quantitative estimate of drug-likeness (QED) is 0.537. The number of hydrogen-bond acceptors (Lipinski definition) is 3. The van der Waals surface area contributed by atoms with E-state index >= 15 is 0 Å². The summed E-state index contributed by atoms with van der Waals surface area (Å²) in [6.07, 6.45) is 2.59. The summed E-state index contributed by atoms with van der Waals surface area (Å²) in [5.74, 6) is 0.606. The molecule has 3 rings (SSSR count). The summed E-state index contributed by atoms with van der Waals surface area (Å²) < 4.78 is 5.54. The molecule has 0 saturated carbocycles. The summed E-state index contributed by atoms with van der Waals surface area (Å²) in [6.45, 7) is 2.77. The molecule has 0 fully saturated rings. The molecule has 4 heteroatoms. The first kappa shape index (κ1) is 16.7. The first-order chi connectivity index (χ1) is 12.3. The van der Waals surface area contributed by atoms with E-state index < -0.39 is 0 Å². The van der Waals surface area contributed by atoms with E-state index in [2.05, 4.69) is 17.5 Å². The predicted octanol–water partition coefficient (Wildman–Crippen LogP) is 4.39. The van der Waals surface area contributed by atoms with E-state index in [1.807, 2.05) is 60.7 Å². The van der Waals surface area contributed by atoms with Crippen LogP contribution in [0.15, 0.2) is 71.8 Å². The third-order valence-electron chi connectivity index (χ3n) is 3.77. The number of hydrazone groups is 1. The lowest BCUT2D eigenvalue weighted by Gasteiger charge is -2.05. The smallest absolute Gasteiger partial charge is 0.271 e. The highest BCUT2D eigenvalue weighted by atomic mass is 16.5. The topological polar surface area (TPSA) is 50.7 Å². The summed E-state index contributed by atoms with van der Waals surface area (Å²) in [5.41, 5.74) is 4.09. The van der Waals surface area contributed by atoms with Crippen molar-refractivity contribution in [2.24, 2.45) is 5.10 Å². The zero-order valence-corrected chi connectivity index (χ0v) is 14.1. The number of hydrogen-bond donors (Lipinski definition) is 1. The Kier molecular flexibility index (Phi) is 5.42. The standard InChI is InChI=1S/C21H20N2O2/c1-2-14-25-18-12-10-16(11-13-18)15-22-23-21(24)20-9-5-7-17-6-3-4-8-19(17)20/h3-13,15H,2,14H2,1H3,(H,23,24)/b22-15+. The lowest BCUT2D eigenvalue weighted by atomic mass is 10.0. The van der Waals surface area contributed by atoms with Gasteiger partial charge in [-0.15, -0.1) is 0 Å². The molecule has 0 atom stereocenters. The zero-order chi connectivity index (χ0) is 17.5. The number of ether oxygens (including phenoxy) is 1. The molecule has 1 amide bonds. The fourth-order valence-electron chi connectivity index (χ4n) is 2.52. The second-order valence-corrected chi connectivity index (χ2v) is 5.64. The number of rotatable bonds is 6. The van der Waals surface area contributed by atoms with Crippen molar-refractivity contribution in [2.45, 2.75) is 13.3 Å². The van der Waals surface area contributed by atoms with E-state index in [4.69, 9.17) is 4.74 Å². The van der Waals surface area contributed by atoms with Crippen LogP contribution in [0.2, 0.25) is 0 Å². The van der Waals surface area contributed by atoms with Crippen molar-refractivity contribution in [1.82, 2.24) is 5.43 Å². The van der Waals surface area contributed by atoms with E-state index in [9.17, 15) is 4.79 Å². The Hall–Kier alpha value is -3.14. The number of amides is 1. The van der Waals surface area contributed by atoms with Crippen molar-refractivity contribution in [2.75, 3.05) is 6.61 Å². The summed E-state index contributed by atoms with van der Waals surface area (Å²) in [7, 11) is 0. The van der Waals surface area contributed by atoms with E-state index in [0.29, 0.717) is 12.2 Å². The molecule has 0 bridgehead atoms. The first-order valence-corrected chi connectivity index (χ1v) is 8.32. The molecule has 25 heavy (non-hydrogen) atoms. The summed E-state index contributed by atoms with van der Waals surface area (Å²) in [4.78, 5) is 12.4. The maximum atomic E-state index is 12.4. The van der Waals surface area contributed by atoms with Gasteiger partial charge in [0.2, 0.25) is 0 Å². The van der Waals surface area contributed by atoms with Crippen LogP contribution in [0, 0.1) is 0 Å². The molecule has 0 aliphatic rings. The van der Waals surface area contributed by atoms with Crippen molar-refractivity contribution in [1.29, 1.82) is 0 Å². The van der Waals surface area contributed by atoms with Crippen molar-refractivity contribution >= 4 is 22.9 Å². The minimum atomic E-state index is -0.226. The summed E-state index contributed by atoms with van der Waals surface area (Å²) in [5, 5.41) is 5.99. The highest BCUT2D eigenvalue weighted by Crippen LogP contribution is 2.18. The molecule has 0 radical (unpaired) electrons. The average molecular weight is 332 g/mol. The van der Waals surface area contributed by atoms with Crippen LogP contribution in [0.5, 0.6) is 5.75 Å². The summed E-state index contributed by atoms with van der Waals surface area (Å²) >= 11 is 0. The monoisotopic (exact) mass is 332 g/mol. The number of carbonyl (C=O) groups is 1. The van der Waals surface area contributed by atoms with Gasteiger partial charge >= 0.3 is 0 Å². The number of nitrogens with one attached hydrogen (secondary N) is 1. The molecule has 1 N–H and O–H groups in total. The molecule has 3 aromatic rings. The fourth-order valence-corrected chi connectivity index (χ4v) is 2.52. The van der Waals surface area contributed by atoms with Gasteiger partial charge in [0.05, 0.1) is 12.8 Å². The van der Waals surface area contributed by atoms with Crippen molar-refractivity contribution in [3.05, 3.63) is 77.9 Å². The normalized spacial score (nSPS) is 10.9. The van der Waals surface area contributed by atoms with Gasteiger partial charge in [-0.25, -0.2) is 5.43 Å². The van der Waals surface area contributed by atoms with E-state index in [-0.39, 0.29) is 5.91 Å². The van der Waals surface area contributed by atoms with Crippen molar-refractivity contribution < 1.29 is 9.53 Å². The molecular weight excluding hydrogens is 312 g/mol. The third-order valence-corrected chi connectivity index (χ3v) is 3.77. The lowest BCUT2D eigenvalue weighted by molar-refractivity contribution is 0.0957. The third kappa shape index (κ3) is 4.23. The zero-order valence-electron chi connectivity index (χ0n) is 14.1. The van der Waals surface area contributed by atoms with Gasteiger partial charge in [-0.05, 0) is 53.1 Å². The Balaban J connectivity index is 1.66. The Morgan fingerprint density at radius 3 is 2.60 bits per heavy atom. The van der Waals surface area contributed by atoms with E-state index in [0.717, 1.165) is 28.5 Å². The highest BCUT2D eigenvalue weighted by molar-refractivity contribution is 6.07. The van der Waals surface area contributed by atoms with Gasteiger partial charge in [-0.1, -0.05) is 43.3 Å². The predicted molar refractivity (Wildman–Crippen MR) is 101 cm³/mol. The molecule has 126 valence electrons. The van der Waals surface area contributed by atoms with Crippen molar-refractivity contribution in [3.63, 3.8) is 0 Å². The van der Waals surface area contributed by atoms with Crippen LogP contribution in [0.1, 0.15) is 29.3 Å². The second kappa shape index (κ2) is 8.11. The highest BCUT2D eigenvalue weighted by Gasteiger charge is 2.08. The number of benzene rings is 3. The van der Waals surface area contributed by atoms with Crippen LogP contribution in [-0.2, 0) is 0 Å². The molecule has 0 aromatic heterocycles. The molecule has 4 nitrogen and oxygen atoms in total. The lowest BCUT2D eigenvalue weighted by Crippen LogP contribution is -2.17. The maximum Gasteiger partial charge on any atom is 0.271 e. The fraction of sp³-hybridized carbons (Fsp3) is 0.143. The van der Waals surface area contributed by atoms with Gasteiger partial charge in [0, 0.05) is 5.56 Å². The van der Waals surface area contributed by atoms with Crippen LogP contribution in [0.3, 0.4) is 0 Å². The molecule has 0 saturated heterocycles. The molecule has 3 aromatic carbocycles. The molecular formula is C21H20N2O2. The van der Waals surface area contributed by atoms with Gasteiger partial charge in [-0.3, -0.25) is 4.79 Å². The van der Waals surface area contributed by atoms with Gasteiger partial charge in [0.1, 0.15) is 5.75 Å². The minimum absolute atomic E-state index is 0.226. The summed E-state index contributed by atoms with van der Waals surface area (Å²) in [6, 6.07) is 21.0. The first-order valence-electron chi connectivity index (χ1n) is 8.32. The van der Waals surface area contributed by atoms with Gasteiger partial charge in [0.25, 0.3) is 5.91 Å². The molecule has 0 aliphatic carbocycles. The molecule has 0 heterocycles. The Morgan fingerprint density at radius 1 is 1.04 bits per heavy atom. The van der Waals surface area contributed by atoms with E-state index in [1.165, 1.54) is 0 Å². The Labute approximate surface area is 147 Å². The van der Waals surface area contributed by atoms with Crippen LogP contribution in [-0.4, -0.2) is 18.7 Å². The van der Waals surface area contributed by atoms with Gasteiger partial charge in [-0.2, -0.15) is 5.10 Å². The minimum Gasteiger partial charge on any atom is -0.494 e. The maximum absolute atomic E-state index is 12.4. The second-order valence-electron chi connectivity index (χ2n) is 5.64. The van der Waals surface area contributed by atoms with Gasteiger partial charge < -0.3 is 4.74 Å². The molecule has 0 spiro atoms. The van der Waals surface area contributed by atoms with Crippen molar-refractivity contribution in [3.8, 4) is 5.75 Å². The average Bonchev–Trinajstić information content (AvgIpc) is 2.67. The van der Waals surface area contributed by atoms with Crippen LogP contribution in [0.4, 0.5) is 0 Å². The van der Waals surface area contributed by atoms with Crippen LogP contribution < -0.4 is 10.2 Å². The molecule has 0 aliphatic heterocycles.